The summed E-state index contributed by atoms with van der Waals surface area (Å²) in [5, 5.41) is 12.5. The highest BCUT2D eigenvalue weighted by atomic mass is 32.2. The van der Waals surface area contributed by atoms with Crippen LogP contribution in [0.1, 0.15) is 11.1 Å². The van der Waals surface area contributed by atoms with E-state index in [1.165, 1.54) is 43.5 Å². The van der Waals surface area contributed by atoms with Crippen LogP contribution in [0.4, 0.5) is 0 Å². The molecule has 0 aromatic heterocycles. The number of hydrogen-bond acceptors (Lipinski definition) is 6. The van der Waals surface area contributed by atoms with Crippen molar-refractivity contribution < 1.29 is 27.3 Å². The largest absolute Gasteiger partial charge is 0.497 e. The Kier molecular flexibility index (Phi) is 5.20. The van der Waals surface area contributed by atoms with E-state index in [1.54, 1.807) is 12.1 Å². The minimum Gasteiger partial charge on any atom is -0.497 e. The lowest BCUT2D eigenvalue weighted by molar-refractivity contribution is -0.129. The van der Waals surface area contributed by atoms with Gasteiger partial charge < -0.3 is 9.84 Å². The summed E-state index contributed by atoms with van der Waals surface area (Å²) in [4.78, 5) is 11.2. The van der Waals surface area contributed by atoms with Gasteiger partial charge in [0.05, 0.1) is 7.11 Å². The van der Waals surface area contributed by atoms with E-state index in [1.807, 2.05) is 6.92 Å². The summed E-state index contributed by atoms with van der Waals surface area (Å²) in [7, 11) is -2.73. The van der Waals surface area contributed by atoms with Crippen molar-refractivity contribution in [1.82, 2.24) is 0 Å². The minimum atomic E-state index is -4.20. The molecule has 0 aliphatic rings. The van der Waals surface area contributed by atoms with E-state index < -0.39 is 21.8 Å². The molecule has 8 heteroatoms. The highest BCUT2D eigenvalue weighted by Gasteiger charge is 2.19. The Hall–Kier alpha value is -2.87. The van der Waals surface area contributed by atoms with E-state index >= 15 is 0 Å². The van der Waals surface area contributed by atoms with Gasteiger partial charge in [-0.05, 0) is 43.3 Å². The fraction of sp³-hybridized carbons (Fsp3) is 0.125. The van der Waals surface area contributed by atoms with Crippen molar-refractivity contribution >= 4 is 21.8 Å². The standard InChI is InChI=1S/C16H15NO6S/c1-11-3-9-14(10-4-11)24(20,21)23-17-15(16(18)19)12-5-7-13(22-2)8-6-12/h3-10H,1-2H3,(H,18,19). The van der Waals surface area contributed by atoms with Crippen LogP contribution in [0.3, 0.4) is 0 Å². The van der Waals surface area contributed by atoms with Crippen molar-refractivity contribution in [2.75, 3.05) is 7.11 Å². The number of ether oxygens (including phenoxy) is 1. The first-order valence-corrected chi connectivity index (χ1v) is 8.20. The Morgan fingerprint density at radius 3 is 2.12 bits per heavy atom. The van der Waals surface area contributed by atoms with Gasteiger partial charge in [-0.25, -0.2) is 4.79 Å². The third kappa shape index (κ3) is 4.11. The molecule has 7 nitrogen and oxygen atoms in total. The lowest BCUT2D eigenvalue weighted by Gasteiger charge is -2.05. The first-order valence-electron chi connectivity index (χ1n) is 6.79. The predicted octanol–water partition coefficient (Wildman–Crippen LogP) is 2.20. The van der Waals surface area contributed by atoms with Crippen molar-refractivity contribution in [3.05, 3.63) is 59.7 Å². The Labute approximate surface area is 139 Å². The van der Waals surface area contributed by atoms with Crippen LogP contribution in [0.2, 0.25) is 0 Å². The molecule has 2 aromatic carbocycles. The average Bonchev–Trinajstić information content (AvgIpc) is 2.55. The van der Waals surface area contributed by atoms with Crippen molar-refractivity contribution in [2.24, 2.45) is 5.16 Å². The number of aliphatic carboxylic acids is 1. The van der Waals surface area contributed by atoms with Gasteiger partial charge in [-0.2, -0.15) is 8.42 Å². The Balaban J connectivity index is 2.30. The molecule has 0 saturated heterocycles. The van der Waals surface area contributed by atoms with E-state index in [0.717, 1.165) is 5.56 Å². The van der Waals surface area contributed by atoms with Gasteiger partial charge in [-0.1, -0.05) is 22.9 Å². The lowest BCUT2D eigenvalue weighted by Crippen LogP contribution is -2.16. The summed E-state index contributed by atoms with van der Waals surface area (Å²) >= 11 is 0. The zero-order chi connectivity index (χ0) is 17.7. The molecule has 0 spiro atoms. The summed E-state index contributed by atoms with van der Waals surface area (Å²) in [6.07, 6.45) is 0. The van der Waals surface area contributed by atoms with Gasteiger partial charge >= 0.3 is 16.1 Å². The Morgan fingerprint density at radius 1 is 1.04 bits per heavy atom. The highest BCUT2D eigenvalue weighted by molar-refractivity contribution is 7.86. The molecule has 0 fully saturated rings. The second kappa shape index (κ2) is 7.14. The average molecular weight is 349 g/mol. The summed E-state index contributed by atoms with van der Waals surface area (Å²) in [6.45, 7) is 1.81. The highest BCUT2D eigenvalue weighted by Crippen LogP contribution is 2.16. The van der Waals surface area contributed by atoms with E-state index in [-0.39, 0.29) is 10.5 Å². The van der Waals surface area contributed by atoms with Crippen LogP contribution >= 0.6 is 0 Å². The number of nitrogens with zero attached hydrogens (tertiary/aromatic N) is 1. The van der Waals surface area contributed by atoms with Gasteiger partial charge in [0.15, 0.2) is 5.71 Å². The molecule has 0 radical (unpaired) electrons. The Morgan fingerprint density at radius 2 is 1.62 bits per heavy atom. The fourth-order valence-electron chi connectivity index (χ4n) is 1.80. The molecule has 0 saturated carbocycles. The zero-order valence-electron chi connectivity index (χ0n) is 13.0. The fourth-order valence-corrected chi connectivity index (χ4v) is 2.53. The number of hydrogen-bond donors (Lipinski definition) is 1. The molecule has 2 rings (SSSR count). The molecule has 0 aliphatic carbocycles. The second-order valence-corrected chi connectivity index (χ2v) is 6.34. The number of benzene rings is 2. The number of methoxy groups -OCH3 is 1. The first kappa shape index (κ1) is 17.5. The third-order valence-electron chi connectivity index (χ3n) is 3.10. The SMILES string of the molecule is COc1ccc(C(=NOS(=O)(=O)c2ccc(C)cc2)C(=O)O)cc1. The molecule has 2 aromatic rings. The van der Waals surface area contributed by atoms with Crippen LogP contribution in [0.15, 0.2) is 58.6 Å². The summed E-state index contributed by atoms with van der Waals surface area (Å²) in [5.74, 6) is -0.893. The van der Waals surface area contributed by atoms with Gasteiger partial charge in [-0.3, -0.25) is 4.28 Å². The van der Waals surface area contributed by atoms with E-state index in [4.69, 9.17) is 4.74 Å². The van der Waals surface area contributed by atoms with Gasteiger partial charge in [0.2, 0.25) is 0 Å². The predicted molar refractivity (Wildman–Crippen MR) is 86.6 cm³/mol. The maximum Gasteiger partial charge on any atom is 0.358 e. The van der Waals surface area contributed by atoms with Crippen LogP contribution in [-0.4, -0.2) is 32.3 Å². The summed E-state index contributed by atoms with van der Waals surface area (Å²) in [6, 6.07) is 11.8. The van der Waals surface area contributed by atoms with E-state index in [9.17, 15) is 18.3 Å². The molecule has 0 bridgehead atoms. The van der Waals surface area contributed by atoms with Gasteiger partial charge in [0, 0.05) is 5.56 Å². The number of carboxylic acids is 1. The second-order valence-electron chi connectivity index (χ2n) is 4.82. The van der Waals surface area contributed by atoms with Crippen molar-refractivity contribution in [1.29, 1.82) is 0 Å². The monoisotopic (exact) mass is 349 g/mol. The number of rotatable bonds is 6. The minimum absolute atomic E-state index is 0.115. The number of carbonyl (C=O) groups is 1. The molecule has 0 heterocycles. The molecule has 0 amide bonds. The normalized spacial score (nSPS) is 11.8. The van der Waals surface area contributed by atoms with Gasteiger partial charge in [0.25, 0.3) is 0 Å². The number of aryl methyl sites for hydroxylation is 1. The van der Waals surface area contributed by atoms with Crippen molar-refractivity contribution in [3.8, 4) is 5.75 Å². The molecule has 0 atom stereocenters. The molecule has 24 heavy (non-hydrogen) atoms. The van der Waals surface area contributed by atoms with Crippen LogP contribution in [0, 0.1) is 6.92 Å². The Bertz CT molecular complexity index is 854. The molecule has 1 N–H and O–H groups in total. The number of oxime groups is 1. The first-order chi connectivity index (χ1) is 11.3. The number of carboxylic acid groups (broad SMARTS) is 1. The molecular weight excluding hydrogens is 334 g/mol. The topological polar surface area (TPSA) is 102 Å². The molecular formula is C16H15NO6S. The van der Waals surface area contributed by atoms with Crippen molar-refractivity contribution in [3.63, 3.8) is 0 Å². The zero-order valence-corrected chi connectivity index (χ0v) is 13.8. The summed E-state index contributed by atoms with van der Waals surface area (Å²) in [5.41, 5.74) is 0.526. The summed E-state index contributed by atoms with van der Waals surface area (Å²) < 4.78 is 33.6. The quantitative estimate of drug-likeness (QED) is 0.633. The third-order valence-corrected chi connectivity index (χ3v) is 4.22. The molecule has 0 aliphatic heterocycles. The van der Waals surface area contributed by atoms with Crippen molar-refractivity contribution in [2.45, 2.75) is 11.8 Å². The van der Waals surface area contributed by atoms with Gasteiger partial charge in [0.1, 0.15) is 10.6 Å². The van der Waals surface area contributed by atoms with Crippen LogP contribution in [0.5, 0.6) is 5.75 Å². The van der Waals surface area contributed by atoms with Gasteiger partial charge in [-0.15, -0.1) is 0 Å². The van der Waals surface area contributed by atoms with E-state index in [2.05, 4.69) is 9.44 Å². The van der Waals surface area contributed by atoms with Crippen LogP contribution < -0.4 is 4.74 Å². The molecule has 0 unspecified atom stereocenters. The maximum absolute atomic E-state index is 12.1. The smallest absolute Gasteiger partial charge is 0.358 e. The molecule has 126 valence electrons. The maximum atomic E-state index is 12.1. The van der Waals surface area contributed by atoms with Crippen LogP contribution in [0.25, 0.3) is 0 Å². The van der Waals surface area contributed by atoms with Crippen LogP contribution in [-0.2, 0) is 19.2 Å². The van der Waals surface area contributed by atoms with E-state index in [0.29, 0.717) is 5.75 Å². The lowest BCUT2D eigenvalue weighted by atomic mass is 10.1.